The minimum Gasteiger partial charge on any atom is -0.372 e. The molecule has 1 aliphatic heterocycles. The number of hydrogen-bond acceptors (Lipinski definition) is 2. The Balaban J connectivity index is 1.36. The van der Waals surface area contributed by atoms with Gasteiger partial charge >= 0.3 is 0 Å². The smallest absolute Gasteiger partial charge is 0.123 e. The van der Waals surface area contributed by atoms with Crippen molar-refractivity contribution < 1.29 is 9.13 Å². The lowest BCUT2D eigenvalue weighted by molar-refractivity contribution is 0.00665. The molecule has 1 heterocycles. The molecule has 0 amide bonds. The Hall–Kier alpha value is -3.01. The maximum absolute atomic E-state index is 13.4. The average molecular weight is 440 g/mol. The van der Waals surface area contributed by atoms with E-state index in [1.807, 2.05) is 18.2 Å². The van der Waals surface area contributed by atoms with Crippen LogP contribution in [0.2, 0.25) is 0 Å². The van der Waals surface area contributed by atoms with Gasteiger partial charge in [-0.15, -0.1) is 0 Å². The highest BCUT2D eigenvalue weighted by molar-refractivity contribution is 5.83. The summed E-state index contributed by atoms with van der Waals surface area (Å²) in [6.45, 7) is 1.54. The van der Waals surface area contributed by atoms with E-state index in [1.54, 1.807) is 12.1 Å². The van der Waals surface area contributed by atoms with E-state index in [2.05, 4.69) is 72.0 Å². The van der Waals surface area contributed by atoms with E-state index >= 15 is 0 Å². The molecule has 3 unspecified atom stereocenters. The summed E-state index contributed by atoms with van der Waals surface area (Å²) in [5.41, 5.74) is 3.69. The van der Waals surface area contributed by atoms with Gasteiger partial charge in [-0.25, -0.2) is 4.39 Å². The number of nitrogens with one attached hydrogen (secondary N) is 1. The van der Waals surface area contributed by atoms with E-state index < -0.39 is 0 Å². The fourth-order valence-electron chi connectivity index (χ4n) is 4.96. The van der Waals surface area contributed by atoms with Gasteiger partial charge < -0.3 is 10.1 Å². The molecule has 3 heteroatoms. The van der Waals surface area contributed by atoms with Crippen molar-refractivity contribution in [3.05, 3.63) is 120 Å². The van der Waals surface area contributed by atoms with Crippen LogP contribution in [0.4, 0.5) is 4.39 Å². The van der Waals surface area contributed by atoms with Crippen LogP contribution >= 0.6 is 0 Å². The number of fused-ring (bicyclic) bond motifs is 1. The topological polar surface area (TPSA) is 21.3 Å². The monoisotopic (exact) mass is 439 g/mol. The van der Waals surface area contributed by atoms with Crippen LogP contribution in [0.25, 0.3) is 10.8 Å². The van der Waals surface area contributed by atoms with Crippen molar-refractivity contribution in [2.24, 2.45) is 0 Å². The molecule has 4 aromatic rings. The molecule has 1 aliphatic rings. The summed E-state index contributed by atoms with van der Waals surface area (Å²) in [6.07, 6.45) is 2.95. The molecule has 0 saturated carbocycles. The number of rotatable bonds is 7. The van der Waals surface area contributed by atoms with Gasteiger partial charge in [0, 0.05) is 12.5 Å². The Morgan fingerprint density at radius 2 is 1.58 bits per heavy atom. The molecule has 5 rings (SSSR count). The second kappa shape index (κ2) is 10.3. The number of benzene rings is 4. The van der Waals surface area contributed by atoms with Gasteiger partial charge in [0.2, 0.25) is 0 Å². The molecular weight excluding hydrogens is 409 g/mol. The van der Waals surface area contributed by atoms with E-state index in [4.69, 9.17) is 4.74 Å². The molecule has 33 heavy (non-hydrogen) atoms. The fourth-order valence-corrected chi connectivity index (χ4v) is 4.96. The van der Waals surface area contributed by atoms with E-state index in [0.717, 1.165) is 25.8 Å². The highest BCUT2D eigenvalue weighted by atomic mass is 19.1. The summed E-state index contributed by atoms with van der Waals surface area (Å²) in [7, 11) is 0. The molecule has 4 aromatic carbocycles. The van der Waals surface area contributed by atoms with Crippen molar-refractivity contribution >= 4 is 10.8 Å². The highest BCUT2D eigenvalue weighted by Crippen LogP contribution is 2.31. The summed E-state index contributed by atoms with van der Waals surface area (Å²) >= 11 is 0. The van der Waals surface area contributed by atoms with Crippen molar-refractivity contribution in [1.82, 2.24) is 5.32 Å². The van der Waals surface area contributed by atoms with Gasteiger partial charge in [0.05, 0.1) is 12.7 Å². The van der Waals surface area contributed by atoms with Crippen LogP contribution in [0, 0.1) is 5.82 Å². The zero-order valence-corrected chi connectivity index (χ0v) is 18.8. The Kier molecular flexibility index (Phi) is 6.80. The normalized spacial score (nSPS) is 19.4. The molecule has 0 spiro atoms. The van der Waals surface area contributed by atoms with E-state index in [-0.39, 0.29) is 18.0 Å². The summed E-state index contributed by atoms with van der Waals surface area (Å²) in [6, 6.07) is 32.8. The van der Waals surface area contributed by atoms with E-state index in [0.29, 0.717) is 12.5 Å². The zero-order valence-electron chi connectivity index (χ0n) is 18.8. The van der Waals surface area contributed by atoms with Crippen molar-refractivity contribution in [1.29, 1.82) is 0 Å². The van der Waals surface area contributed by atoms with Gasteiger partial charge in [0.25, 0.3) is 0 Å². The molecule has 168 valence electrons. The third-order valence-corrected chi connectivity index (χ3v) is 6.79. The van der Waals surface area contributed by atoms with Crippen LogP contribution in [-0.4, -0.2) is 18.7 Å². The molecule has 1 N–H and O–H groups in total. The minimum atomic E-state index is -0.176. The molecule has 3 atom stereocenters. The van der Waals surface area contributed by atoms with Crippen molar-refractivity contribution in [2.45, 2.75) is 43.9 Å². The van der Waals surface area contributed by atoms with Crippen LogP contribution < -0.4 is 5.32 Å². The van der Waals surface area contributed by atoms with E-state index in [1.165, 1.54) is 27.5 Å². The fraction of sp³-hybridized carbons (Fsp3) is 0.267. The Bertz CT molecular complexity index is 1170. The number of piperidine rings is 1. The largest absolute Gasteiger partial charge is 0.372 e. The lowest BCUT2D eigenvalue weighted by Crippen LogP contribution is -2.47. The number of hydrogen-bond donors (Lipinski definition) is 1. The second-order valence-electron chi connectivity index (χ2n) is 9.05. The second-order valence-corrected chi connectivity index (χ2v) is 9.05. The molecule has 0 aromatic heterocycles. The molecule has 0 radical (unpaired) electrons. The summed E-state index contributed by atoms with van der Waals surface area (Å²) in [5, 5.41) is 6.25. The van der Waals surface area contributed by atoms with Crippen molar-refractivity contribution in [3.8, 4) is 0 Å². The van der Waals surface area contributed by atoms with Gasteiger partial charge in [-0.05, 0) is 64.9 Å². The van der Waals surface area contributed by atoms with Crippen molar-refractivity contribution in [3.63, 3.8) is 0 Å². The number of ether oxygens (including phenoxy) is 1. The molecule has 0 bridgehead atoms. The third-order valence-electron chi connectivity index (χ3n) is 6.79. The van der Waals surface area contributed by atoms with Gasteiger partial charge in [0.15, 0.2) is 0 Å². The summed E-state index contributed by atoms with van der Waals surface area (Å²) in [4.78, 5) is 0. The standard InChI is InChI=1S/C30H30FNO/c31-28-14-12-25(13-15-28)27-16-17-32-29(20-27)30(33-21-22-6-2-1-3-7-22)19-23-10-11-24-8-4-5-9-26(24)18-23/h1-15,18,27,29-30,32H,16-17,19-21H2. The SMILES string of the molecule is Fc1ccc(C2CCNC(C(Cc3ccc4ccccc4c3)OCc3ccccc3)C2)cc1. The first-order valence-electron chi connectivity index (χ1n) is 11.9. The lowest BCUT2D eigenvalue weighted by atomic mass is 9.83. The predicted octanol–water partition coefficient (Wildman–Crippen LogP) is 6.64. The first-order valence-corrected chi connectivity index (χ1v) is 11.9. The zero-order chi connectivity index (χ0) is 22.5. The predicted molar refractivity (Wildman–Crippen MR) is 133 cm³/mol. The number of halogens is 1. The van der Waals surface area contributed by atoms with Gasteiger partial charge in [-0.2, -0.15) is 0 Å². The van der Waals surface area contributed by atoms with E-state index in [9.17, 15) is 4.39 Å². The lowest BCUT2D eigenvalue weighted by Gasteiger charge is -2.36. The van der Waals surface area contributed by atoms with Crippen LogP contribution in [0.3, 0.4) is 0 Å². The maximum atomic E-state index is 13.4. The van der Waals surface area contributed by atoms with Crippen LogP contribution in [-0.2, 0) is 17.8 Å². The molecular formula is C30H30FNO. The maximum Gasteiger partial charge on any atom is 0.123 e. The average Bonchev–Trinajstić information content (AvgIpc) is 2.87. The third kappa shape index (κ3) is 5.50. The minimum absolute atomic E-state index is 0.0506. The Labute approximate surface area is 195 Å². The molecule has 1 fully saturated rings. The van der Waals surface area contributed by atoms with Gasteiger partial charge in [-0.1, -0.05) is 84.9 Å². The van der Waals surface area contributed by atoms with Crippen LogP contribution in [0.1, 0.15) is 35.4 Å². The quantitative estimate of drug-likeness (QED) is 0.348. The first-order chi connectivity index (χ1) is 16.2. The first kappa shape index (κ1) is 21.8. The molecule has 2 nitrogen and oxygen atoms in total. The van der Waals surface area contributed by atoms with Gasteiger partial charge in [-0.3, -0.25) is 0 Å². The molecule has 1 saturated heterocycles. The van der Waals surface area contributed by atoms with Crippen LogP contribution in [0.15, 0.2) is 97.1 Å². The highest BCUT2D eigenvalue weighted by Gasteiger charge is 2.30. The summed E-state index contributed by atoms with van der Waals surface area (Å²) in [5.74, 6) is 0.237. The van der Waals surface area contributed by atoms with Crippen LogP contribution in [0.5, 0.6) is 0 Å². The van der Waals surface area contributed by atoms with Gasteiger partial charge in [0.1, 0.15) is 5.82 Å². The molecule has 0 aliphatic carbocycles. The Morgan fingerprint density at radius 3 is 2.39 bits per heavy atom. The summed E-state index contributed by atoms with van der Waals surface area (Å²) < 4.78 is 20.0. The van der Waals surface area contributed by atoms with Crippen molar-refractivity contribution in [2.75, 3.05) is 6.54 Å². The Morgan fingerprint density at radius 1 is 0.818 bits per heavy atom.